The first-order valence-corrected chi connectivity index (χ1v) is 6.63. The number of hydrogen-bond donors (Lipinski definition) is 1. The molecule has 102 valence electrons. The lowest BCUT2D eigenvalue weighted by Crippen LogP contribution is -2.30. The van der Waals surface area contributed by atoms with Crippen LogP contribution in [0.3, 0.4) is 0 Å². The molecule has 0 atom stereocenters. The molecule has 0 aromatic heterocycles. The Morgan fingerprint density at radius 3 is 2.33 bits per heavy atom. The number of unbranched alkanes of at least 4 members (excludes halogenated alkanes) is 2. The predicted molar refractivity (Wildman–Crippen MR) is 67.7 cm³/mol. The number of carbonyl (C=O) groups excluding carboxylic acids is 3. The Morgan fingerprint density at radius 1 is 1.17 bits per heavy atom. The van der Waals surface area contributed by atoms with E-state index in [2.05, 4.69) is 5.32 Å². The molecule has 1 saturated heterocycles. The van der Waals surface area contributed by atoms with Crippen molar-refractivity contribution in [1.29, 1.82) is 0 Å². The maximum atomic E-state index is 11.3. The molecule has 5 nitrogen and oxygen atoms in total. The van der Waals surface area contributed by atoms with E-state index in [-0.39, 0.29) is 23.8 Å². The van der Waals surface area contributed by atoms with Gasteiger partial charge in [0.15, 0.2) is 0 Å². The second kappa shape index (κ2) is 7.13. The lowest BCUT2D eigenvalue weighted by molar-refractivity contribution is -0.138. The molecule has 0 aliphatic carbocycles. The first-order chi connectivity index (χ1) is 8.50. The minimum Gasteiger partial charge on any atom is -0.354 e. The summed E-state index contributed by atoms with van der Waals surface area (Å²) in [4.78, 5) is 35.3. The van der Waals surface area contributed by atoms with Gasteiger partial charge in [0, 0.05) is 31.8 Å². The molecule has 0 bridgehead atoms. The van der Waals surface area contributed by atoms with Crippen LogP contribution in [0.15, 0.2) is 0 Å². The first-order valence-electron chi connectivity index (χ1n) is 6.63. The minimum atomic E-state index is -0.0578. The summed E-state index contributed by atoms with van der Waals surface area (Å²) in [6.45, 7) is 4.37. The first kappa shape index (κ1) is 14.7. The molecule has 1 fully saturated rings. The average Bonchev–Trinajstić information content (AvgIpc) is 2.58. The van der Waals surface area contributed by atoms with Gasteiger partial charge in [0.25, 0.3) is 0 Å². The second-order valence-electron chi connectivity index (χ2n) is 4.97. The Hall–Kier alpha value is -1.39. The average molecular weight is 254 g/mol. The zero-order chi connectivity index (χ0) is 13.5. The molecule has 0 saturated carbocycles. The zero-order valence-electron chi connectivity index (χ0n) is 11.2. The molecular formula is C13H22N2O3. The molecule has 0 unspecified atom stereocenters. The van der Waals surface area contributed by atoms with Gasteiger partial charge in [-0.05, 0) is 26.7 Å². The lowest BCUT2D eigenvalue weighted by Gasteiger charge is -2.13. The van der Waals surface area contributed by atoms with Crippen molar-refractivity contribution < 1.29 is 14.4 Å². The summed E-state index contributed by atoms with van der Waals surface area (Å²) in [6.07, 6.45) is 3.68. The molecule has 1 heterocycles. The maximum absolute atomic E-state index is 11.3. The SMILES string of the molecule is CC(C)NC(=O)CCCCCN1C(=O)CCC1=O. The van der Waals surface area contributed by atoms with Crippen molar-refractivity contribution in [3.05, 3.63) is 0 Å². The van der Waals surface area contributed by atoms with E-state index in [0.29, 0.717) is 25.8 Å². The third kappa shape index (κ3) is 4.85. The highest BCUT2D eigenvalue weighted by atomic mass is 16.2. The molecule has 1 aliphatic heterocycles. The van der Waals surface area contributed by atoms with Gasteiger partial charge in [-0.2, -0.15) is 0 Å². The van der Waals surface area contributed by atoms with E-state index in [9.17, 15) is 14.4 Å². The number of nitrogens with one attached hydrogen (secondary N) is 1. The smallest absolute Gasteiger partial charge is 0.229 e. The normalized spacial score (nSPS) is 15.6. The summed E-state index contributed by atoms with van der Waals surface area (Å²) in [5.74, 6) is -0.0478. The highest BCUT2D eigenvalue weighted by Crippen LogP contribution is 2.13. The fourth-order valence-electron chi connectivity index (χ4n) is 2.00. The van der Waals surface area contributed by atoms with Crippen LogP contribution >= 0.6 is 0 Å². The fraction of sp³-hybridized carbons (Fsp3) is 0.769. The number of rotatable bonds is 7. The quantitative estimate of drug-likeness (QED) is 0.548. The van der Waals surface area contributed by atoms with Crippen molar-refractivity contribution in [3.8, 4) is 0 Å². The number of hydrogen-bond acceptors (Lipinski definition) is 3. The molecule has 18 heavy (non-hydrogen) atoms. The van der Waals surface area contributed by atoms with Crippen LogP contribution in [-0.2, 0) is 14.4 Å². The van der Waals surface area contributed by atoms with Gasteiger partial charge in [-0.25, -0.2) is 0 Å². The Kier molecular flexibility index (Phi) is 5.82. The van der Waals surface area contributed by atoms with E-state index in [0.717, 1.165) is 19.3 Å². The van der Waals surface area contributed by atoms with Gasteiger partial charge in [-0.3, -0.25) is 19.3 Å². The van der Waals surface area contributed by atoms with Crippen molar-refractivity contribution in [3.63, 3.8) is 0 Å². The van der Waals surface area contributed by atoms with Gasteiger partial charge in [-0.15, -0.1) is 0 Å². The standard InChI is InChI=1S/C13H22N2O3/c1-10(2)14-11(16)6-4-3-5-9-15-12(17)7-8-13(15)18/h10H,3-9H2,1-2H3,(H,14,16). The molecule has 0 spiro atoms. The Morgan fingerprint density at radius 2 is 1.78 bits per heavy atom. The van der Waals surface area contributed by atoms with E-state index < -0.39 is 0 Å². The van der Waals surface area contributed by atoms with Crippen molar-refractivity contribution >= 4 is 17.7 Å². The summed E-state index contributed by atoms with van der Waals surface area (Å²) in [7, 11) is 0. The Balaban J connectivity index is 2.07. The van der Waals surface area contributed by atoms with Crippen molar-refractivity contribution in [1.82, 2.24) is 10.2 Å². The van der Waals surface area contributed by atoms with Crippen LogP contribution in [0.4, 0.5) is 0 Å². The van der Waals surface area contributed by atoms with E-state index in [4.69, 9.17) is 0 Å². The highest BCUT2D eigenvalue weighted by Gasteiger charge is 2.27. The summed E-state index contributed by atoms with van der Waals surface area (Å²) in [6, 6.07) is 0.178. The lowest BCUT2D eigenvalue weighted by atomic mass is 10.1. The highest BCUT2D eigenvalue weighted by molar-refractivity contribution is 6.01. The maximum Gasteiger partial charge on any atom is 0.229 e. The van der Waals surface area contributed by atoms with Crippen LogP contribution in [0, 0.1) is 0 Å². The molecule has 1 N–H and O–H groups in total. The van der Waals surface area contributed by atoms with Gasteiger partial charge in [0.1, 0.15) is 0 Å². The molecule has 0 aromatic rings. The van der Waals surface area contributed by atoms with Gasteiger partial charge < -0.3 is 5.32 Å². The minimum absolute atomic E-state index is 0.0578. The number of carbonyl (C=O) groups is 3. The molecule has 5 heteroatoms. The van der Waals surface area contributed by atoms with E-state index >= 15 is 0 Å². The molecule has 1 rings (SSSR count). The molecule has 0 aromatic carbocycles. The molecule has 1 aliphatic rings. The number of amides is 3. The monoisotopic (exact) mass is 254 g/mol. The van der Waals surface area contributed by atoms with Gasteiger partial charge in [0.05, 0.1) is 0 Å². The van der Waals surface area contributed by atoms with Crippen LogP contribution in [0.1, 0.15) is 52.4 Å². The van der Waals surface area contributed by atoms with Gasteiger partial charge >= 0.3 is 0 Å². The van der Waals surface area contributed by atoms with E-state index in [1.54, 1.807) is 0 Å². The van der Waals surface area contributed by atoms with Crippen molar-refractivity contribution in [2.45, 2.75) is 58.4 Å². The van der Waals surface area contributed by atoms with Crippen LogP contribution in [0.2, 0.25) is 0 Å². The summed E-state index contributed by atoms with van der Waals surface area (Å²) < 4.78 is 0. The van der Waals surface area contributed by atoms with Crippen molar-refractivity contribution in [2.75, 3.05) is 6.54 Å². The van der Waals surface area contributed by atoms with Crippen molar-refractivity contribution in [2.24, 2.45) is 0 Å². The van der Waals surface area contributed by atoms with Crippen LogP contribution in [-0.4, -0.2) is 35.2 Å². The van der Waals surface area contributed by atoms with Crippen LogP contribution < -0.4 is 5.32 Å². The van der Waals surface area contributed by atoms with E-state index in [1.165, 1.54) is 4.90 Å². The summed E-state index contributed by atoms with van der Waals surface area (Å²) in [5, 5.41) is 2.83. The topological polar surface area (TPSA) is 66.5 Å². The van der Waals surface area contributed by atoms with Crippen LogP contribution in [0.25, 0.3) is 0 Å². The van der Waals surface area contributed by atoms with Gasteiger partial charge in [-0.1, -0.05) is 6.42 Å². The zero-order valence-corrected chi connectivity index (χ0v) is 11.2. The number of imide groups is 1. The fourth-order valence-corrected chi connectivity index (χ4v) is 2.00. The third-order valence-electron chi connectivity index (χ3n) is 2.89. The molecule has 0 radical (unpaired) electrons. The van der Waals surface area contributed by atoms with Gasteiger partial charge in [0.2, 0.25) is 17.7 Å². The summed E-state index contributed by atoms with van der Waals surface area (Å²) >= 11 is 0. The number of nitrogens with zero attached hydrogens (tertiary/aromatic N) is 1. The third-order valence-corrected chi connectivity index (χ3v) is 2.89. The predicted octanol–water partition coefficient (Wildman–Crippen LogP) is 1.22. The van der Waals surface area contributed by atoms with E-state index in [1.807, 2.05) is 13.8 Å². The number of likely N-dealkylation sites (tertiary alicyclic amines) is 1. The largest absolute Gasteiger partial charge is 0.354 e. The Bertz CT molecular complexity index is 310. The molecule has 3 amide bonds. The van der Waals surface area contributed by atoms with Crippen LogP contribution in [0.5, 0.6) is 0 Å². The second-order valence-corrected chi connectivity index (χ2v) is 4.97. The summed E-state index contributed by atoms with van der Waals surface area (Å²) in [5.41, 5.74) is 0. The Labute approximate surface area is 108 Å². The molecular weight excluding hydrogens is 232 g/mol.